The average Bonchev–Trinajstić information content (AvgIpc) is 2.95. The van der Waals surface area contributed by atoms with Crippen molar-refractivity contribution in [1.29, 1.82) is 0 Å². The van der Waals surface area contributed by atoms with E-state index in [0.29, 0.717) is 23.6 Å². The monoisotopic (exact) mass is 396 g/mol. The average molecular weight is 397 g/mol. The number of nitrogens with zero attached hydrogens (tertiary/aromatic N) is 1. The zero-order chi connectivity index (χ0) is 20.8. The summed E-state index contributed by atoms with van der Waals surface area (Å²) in [4.78, 5) is 25.8. The van der Waals surface area contributed by atoms with E-state index in [4.69, 9.17) is 0 Å². The predicted molar refractivity (Wildman–Crippen MR) is 121 cm³/mol. The Bertz CT molecular complexity index is 876. The summed E-state index contributed by atoms with van der Waals surface area (Å²) in [5.74, 6) is 1.10. The molecular formula is C25H36N2O2. The van der Waals surface area contributed by atoms with Crippen LogP contribution < -0.4 is 10.9 Å². The maximum atomic E-state index is 13.2. The summed E-state index contributed by atoms with van der Waals surface area (Å²) in [5, 5.41) is 4.61. The molecule has 0 aliphatic heterocycles. The van der Waals surface area contributed by atoms with Gasteiger partial charge in [-0.05, 0) is 55.7 Å². The molecule has 158 valence electrons. The number of amides is 1. The van der Waals surface area contributed by atoms with Crippen LogP contribution in [0.25, 0.3) is 10.8 Å². The van der Waals surface area contributed by atoms with Crippen LogP contribution in [0.1, 0.15) is 84.6 Å². The van der Waals surface area contributed by atoms with E-state index >= 15 is 0 Å². The molecule has 2 aromatic rings. The lowest BCUT2D eigenvalue weighted by Gasteiger charge is -2.21. The SMILES string of the molecule is CC[C@@H](CC(C)C)n1ccc2c(NC(=O)CC3CCCCCC3)cccc2c1=O. The molecule has 1 N–H and O–H groups in total. The Balaban J connectivity index is 1.81. The van der Waals surface area contributed by atoms with Crippen LogP contribution in [0.2, 0.25) is 0 Å². The van der Waals surface area contributed by atoms with Crippen molar-refractivity contribution in [3.8, 4) is 0 Å². The highest BCUT2D eigenvalue weighted by atomic mass is 16.1. The van der Waals surface area contributed by atoms with Crippen molar-refractivity contribution in [3.05, 3.63) is 40.8 Å². The van der Waals surface area contributed by atoms with Gasteiger partial charge >= 0.3 is 0 Å². The third-order valence-electron chi connectivity index (χ3n) is 6.30. The summed E-state index contributed by atoms with van der Waals surface area (Å²) < 4.78 is 1.87. The first-order chi connectivity index (χ1) is 14.0. The van der Waals surface area contributed by atoms with E-state index in [1.165, 1.54) is 25.7 Å². The smallest absolute Gasteiger partial charge is 0.258 e. The van der Waals surface area contributed by atoms with E-state index in [1.807, 2.05) is 35.0 Å². The fraction of sp³-hybridized carbons (Fsp3) is 0.600. The lowest BCUT2D eigenvalue weighted by atomic mass is 9.96. The molecule has 1 amide bonds. The van der Waals surface area contributed by atoms with Crippen LogP contribution in [-0.4, -0.2) is 10.5 Å². The van der Waals surface area contributed by atoms with E-state index in [2.05, 4.69) is 26.1 Å². The first-order valence-corrected chi connectivity index (χ1v) is 11.4. The van der Waals surface area contributed by atoms with Crippen molar-refractivity contribution in [2.75, 3.05) is 5.32 Å². The molecule has 0 spiro atoms. The van der Waals surface area contributed by atoms with E-state index < -0.39 is 0 Å². The van der Waals surface area contributed by atoms with Gasteiger partial charge in [0.1, 0.15) is 0 Å². The zero-order valence-electron chi connectivity index (χ0n) is 18.2. The van der Waals surface area contributed by atoms with Crippen molar-refractivity contribution in [2.45, 2.75) is 84.6 Å². The van der Waals surface area contributed by atoms with Gasteiger partial charge in [-0.3, -0.25) is 9.59 Å². The van der Waals surface area contributed by atoms with Gasteiger partial charge in [0.25, 0.3) is 5.56 Å². The minimum Gasteiger partial charge on any atom is -0.326 e. The molecule has 1 atom stereocenters. The van der Waals surface area contributed by atoms with Crippen LogP contribution >= 0.6 is 0 Å². The summed E-state index contributed by atoms with van der Waals surface area (Å²) in [5.41, 5.74) is 0.789. The van der Waals surface area contributed by atoms with Crippen LogP contribution in [0.15, 0.2) is 35.3 Å². The van der Waals surface area contributed by atoms with Gasteiger partial charge in [-0.1, -0.05) is 52.5 Å². The van der Waals surface area contributed by atoms with Gasteiger partial charge < -0.3 is 9.88 Å². The largest absolute Gasteiger partial charge is 0.326 e. The number of rotatable bonds is 7. The molecule has 0 radical (unpaired) electrons. The lowest BCUT2D eigenvalue weighted by Crippen LogP contribution is -2.25. The van der Waals surface area contributed by atoms with Gasteiger partial charge in [0.2, 0.25) is 5.91 Å². The van der Waals surface area contributed by atoms with Gasteiger partial charge in [0, 0.05) is 35.1 Å². The molecule has 3 rings (SSSR count). The molecule has 0 bridgehead atoms. The Morgan fingerprint density at radius 3 is 2.48 bits per heavy atom. The minimum atomic E-state index is 0.0369. The van der Waals surface area contributed by atoms with E-state index in [0.717, 1.165) is 36.8 Å². The predicted octanol–water partition coefficient (Wildman–Crippen LogP) is 6.30. The molecule has 1 aliphatic carbocycles. The van der Waals surface area contributed by atoms with Crippen LogP contribution in [0.5, 0.6) is 0 Å². The summed E-state index contributed by atoms with van der Waals surface area (Å²) in [6.07, 6.45) is 11.8. The van der Waals surface area contributed by atoms with E-state index in [1.54, 1.807) is 0 Å². The molecule has 4 nitrogen and oxygen atoms in total. The topological polar surface area (TPSA) is 51.1 Å². The Hall–Kier alpha value is -2.10. The summed E-state index contributed by atoms with van der Waals surface area (Å²) in [7, 11) is 0. The molecule has 1 saturated carbocycles. The molecule has 1 fully saturated rings. The van der Waals surface area contributed by atoms with Crippen molar-refractivity contribution >= 4 is 22.4 Å². The second-order valence-corrected chi connectivity index (χ2v) is 9.10. The van der Waals surface area contributed by atoms with Crippen molar-refractivity contribution in [1.82, 2.24) is 4.57 Å². The summed E-state index contributed by atoms with van der Waals surface area (Å²) >= 11 is 0. The number of hydrogen-bond acceptors (Lipinski definition) is 2. The first kappa shape index (κ1) is 21.6. The highest BCUT2D eigenvalue weighted by Gasteiger charge is 2.18. The number of pyridine rings is 1. The number of carbonyl (C=O) groups is 1. The molecule has 29 heavy (non-hydrogen) atoms. The van der Waals surface area contributed by atoms with Crippen LogP contribution in [0.3, 0.4) is 0 Å². The number of fused-ring (bicyclic) bond motifs is 1. The molecule has 1 aromatic heterocycles. The van der Waals surface area contributed by atoms with Crippen molar-refractivity contribution in [3.63, 3.8) is 0 Å². The minimum absolute atomic E-state index is 0.0369. The summed E-state index contributed by atoms with van der Waals surface area (Å²) in [6, 6.07) is 7.85. The van der Waals surface area contributed by atoms with Gasteiger partial charge in [0.05, 0.1) is 0 Å². The van der Waals surface area contributed by atoms with Crippen molar-refractivity contribution in [2.24, 2.45) is 11.8 Å². The van der Waals surface area contributed by atoms with E-state index in [-0.39, 0.29) is 17.5 Å². The highest BCUT2D eigenvalue weighted by Crippen LogP contribution is 2.27. The number of hydrogen-bond donors (Lipinski definition) is 1. The third-order valence-corrected chi connectivity index (χ3v) is 6.30. The molecule has 0 unspecified atom stereocenters. The number of nitrogens with one attached hydrogen (secondary N) is 1. The quantitative estimate of drug-likeness (QED) is 0.559. The Labute approximate surface area is 174 Å². The number of anilines is 1. The number of aromatic nitrogens is 1. The summed E-state index contributed by atoms with van der Waals surface area (Å²) in [6.45, 7) is 6.52. The second-order valence-electron chi connectivity index (χ2n) is 9.10. The molecular weight excluding hydrogens is 360 g/mol. The molecule has 1 aliphatic rings. The maximum absolute atomic E-state index is 13.2. The first-order valence-electron chi connectivity index (χ1n) is 11.4. The third kappa shape index (κ3) is 5.49. The van der Waals surface area contributed by atoms with E-state index in [9.17, 15) is 9.59 Å². The number of carbonyl (C=O) groups excluding carboxylic acids is 1. The zero-order valence-corrected chi connectivity index (χ0v) is 18.2. The standard InChI is InChI=1S/C25H36N2O2/c1-4-20(16-18(2)3)27-15-14-21-22(25(27)29)12-9-13-23(21)26-24(28)17-19-10-7-5-6-8-11-19/h9,12-15,18-20H,4-8,10-11,16-17H2,1-3H3,(H,26,28)/t20-/m0/s1. The van der Waals surface area contributed by atoms with Crippen LogP contribution in [0.4, 0.5) is 5.69 Å². The Morgan fingerprint density at radius 1 is 1.10 bits per heavy atom. The van der Waals surface area contributed by atoms with Crippen molar-refractivity contribution < 1.29 is 4.79 Å². The molecule has 1 aromatic carbocycles. The maximum Gasteiger partial charge on any atom is 0.258 e. The second kappa shape index (κ2) is 10.1. The van der Waals surface area contributed by atoms with Gasteiger partial charge in [-0.25, -0.2) is 0 Å². The molecule has 4 heteroatoms. The van der Waals surface area contributed by atoms with Gasteiger partial charge in [0.15, 0.2) is 0 Å². The van der Waals surface area contributed by atoms with Gasteiger partial charge in [-0.2, -0.15) is 0 Å². The lowest BCUT2D eigenvalue weighted by molar-refractivity contribution is -0.117. The van der Waals surface area contributed by atoms with Crippen LogP contribution in [0, 0.1) is 11.8 Å². The fourth-order valence-corrected chi connectivity index (χ4v) is 4.74. The highest BCUT2D eigenvalue weighted by molar-refractivity contribution is 6.01. The molecule has 1 heterocycles. The Morgan fingerprint density at radius 2 is 1.83 bits per heavy atom. The number of benzene rings is 1. The normalized spacial score (nSPS) is 16.7. The van der Waals surface area contributed by atoms with Crippen LogP contribution in [-0.2, 0) is 4.79 Å². The van der Waals surface area contributed by atoms with Gasteiger partial charge in [-0.15, -0.1) is 0 Å². The fourth-order valence-electron chi connectivity index (χ4n) is 4.74. The Kier molecular flexibility index (Phi) is 7.51. The molecule has 0 saturated heterocycles.